The van der Waals surface area contributed by atoms with Gasteiger partial charge in [-0.15, -0.1) is 11.3 Å². The molecular weight excluding hydrogens is 232 g/mol. The lowest BCUT2D eigenvalue weighted by atomic mass is 10.0. The van der Waals surface area contributed by atoms with Crippen molar-refractivity contribution in [3.63, 3.8) is 0 Å². The van der Waals surface area contributed by atoms with Crippen molar-refractivity contribution < 1.29 is 13.5 Å². The van der Waals surface area contributed by atoms with E-state index in [9.17, 15) is 13.5 Å². The molecule has 5 heteroatoms. The Hall–Kier alpha value is -0.390. The van der Waals surface area contributed by atoms with Gasteiger partial charge in [0, 0.05) is 11.1 Å². The molecule has 0 aromatic carbocycles. The summed E-state index contributed by atoms with van der Waals surface area (Å²) >= 11 is 1.42. The first-order chi connectivity index (χ1) is 6.94. The van der Waals surface area contributed by atoms with Crippen LogP contribution in [0.3, 0.4) is 0 Å². The molecule has 2 rings (SSSR count). The molecule has 0 saturated heterocycles. The summed E-state index contributed by atoms with van der Waals surface area (Å²) in [5.41, 5.74) is -1.15. The Kier molecular flexibility index (Phi) is 2.65. The summed E-state index contributed by atoms with van der Waals surface area (Å²) in [5.74, 6) is 0. The molecule has 1 heterocycles. The molecule has 1 aliphatic carbocycles. The number of thiophene rings is 1. The van der Waals surface area contributed by atoms with Gasteiger partial charge >= 0.3 is 0 Å². The molecule has 0 radical (unpaired) electrons. The van der Waals surface area contributed by atoms with Gasteiger partial charge in [0.05, 0.1) is 5.25 Å². The molecule has 15 heavy (non-hydrogen) atoms. The molecule has 1 aromatic rings. The van der Waals surface area contributed by atoms with Crippen LogP contribution in [0.2, 0.25) is 0 Å². The molecule has 1 saturated carbocycles. The maximum Gasteiger partial charge on any atom is 0.153 e. The minimum Gasteiger partial charge on any atom is -0.383 e. The van der Waals surface area contributed by atoms with Gasteiger partial charge in [0.25, 0.3) is 0 Å². The molecule has 0 amide bonds. The van der Waals surface area contributed by atoms with E-state index in [2.05, 4.69) is 0 Å². The van der Waals surface area contributed by atoms with Gasteiger partial charge in [0.1, 0.15) is 5.60 Å². The number of aliphatic hydroxyl groups is 1. The molecule has 3 nitrogen and oxygen atoms in total. The average Bonchev–Trinajstić information content (AvgIpc) is 2.69. The Labute approximate surface area is 93.7 Å². The fourth-order valence-corrected chi connectivity index (χ4v) is 4.86. The Bertz CT molecular complexity index is 435. The van der Waals surface area contributed by atoms with E-state index in [1.54, 1.807) is 0 Å². The Balaban J connectivity index is 2.44. The van der Waals surface area contributed by atoms with Crippen molar-refractivity contribution >= 4 is 21.2 Å². The van der Waals surface area contributed by atoms with Crippen LogP contribution in [0.25, 0.3) is 0 Å². The Morgan fingerprint density at radius 2 is 2.33 bits per heavy atom. The fourth-order valence-electron chi connectivity index (χ4n) is 2.33. The zero-order chi connectivity index (χ0) is 11.1. The van der Waals surface area contributed by atoms with E-state index >= 15 is 0 Å². The van der Waals surface area contributed by atoms with Gasteiger partial charge in [-0.3, -0.25) is 0 Å². The summed E-state index contributed by atoms with van der Waals surface area (Å²) in [4.78, 5) is 0.774. The molecule has 84 valence electrons. The van der Waals surface area contributed by atoms with Crippen LogP contribution in [0.1, 0.15) is 24.1 Å². The first-order valence-corrected chi connectivity index (χ1v) is 7.73. The highest BCUT2D eigenvalue weighted by molar-refractivity contribution is 7.91. The largest absolute Gasteiger partial charge is 0.383 e. The SMILES string of the molecule is CS(=O)(=O)C1CCCC1(O)c1cccs1. The fraction of sp³-hybridized carbons (Fsp3) is 0.600. The Morgan fingerprint density at radius 3 is 2.87 bits per heavy atom. The monoisotopic (exact) mass is 246 g/mol. The van der Waals surface area contributed by atoms with Crippen molar-refractivity contribution in [2.24, 2.45) is 0 Å². The third-order valence-corrected chi connectivity index (χ3v) is 5.72. The summed E-state index contributed by atoms with van der Waals surface area (Å²) in [6, 6.07) is 3.66. The molecule has 1 aromatic heterocycles. The van der Waals surface area contributed by atoms with Gasteiger partial charge in [-0.05, 0) is 30.7 Å². The number of hydrogen-bond donors (Lipinski definition) is 1. The van der Waals surface area contributed by atoms with Crippen molar-refractivity contribution in [3.8, 4) is 0 Å². The van der Waals surface area contributed by atoms with Gasteiger partial charge in [-0.2, -0.15) is 0 Å². The number of sulfone groups is 1. The summed E-state index contributed by atoms with van der Waals surface area (Å²) in [7, 11) is -3.18. The molecule has 0 bridgehead atoms. The van der Waals surface area contributed by atoms with Gasteiger partial charge in [0.15, 0.2) is 9.84 Å². The van der Waals surface area contributed by atoms with Crippen LogP contribution in [-0.2, 0) is 15.4 Å². The van der Waals surface area contributed by atoms with E-state index in [0.29, 0.717) is 12.8 Å². The lowest BCUT2D eigenvalue weighted by molar-refractivity contribution is 0.0515. The smallest absolute Gasteiger partial charge is 0.153 e. The number of hydrogen-bond acceptors (Lipinski definition) is 4. The third kappa shape index (κ3) is 1.84. The standard InChI is InChI=1S/C10H14O3S2/c1-15(12,13)9-5-2-6-10(9,11)8-4-3-7-14-8/h3-4,7,9,11H,2,5-6H2,1H3. The van der Waals surface area contributed by atoms with Crippen molar-refractivity contribution in [2.45, 2.75) is 30.1 Å². The maximum absolute atomic E-state index is 11.6. The van der Waals surface area contributed by atoms with Crippen molar-refractivity contribution in [1.29, 1.82) is 0 Å². The van der Waals surface area contributed by atoms with Crippen molar-refractivity contribution in [3.05, 3.63) is 22.4 Å². The van der Waals surface area contributed by atoms with Crippen molar-refractivity contribution in [2.75, 3.05) is 6.26 Å². The molecule has 1 fully saturated rings. The minimum atomic E-state index is -3.18. The molecule has 0 aliphatic heterocycles. The lowest BCUT2D eigenvalue weighted by Gasteiger charge is -2.27. The van der Waals surface area contributed by atoms with Crippen LogP contribution >= 0.6 is 11.3 Å². The average molecular weight is 246 g/mol. The predicted molar refractivity (Wildman–Crippen MR) is 60.7 cm³/mol. The first-order valence-electron chi connectivity index (χ1n) is 4.90. The second-order valence-electron chi connectivity index (χ2n) is 4.11. The zero-order valence-corrected chi connectivity index (χ0v) is 10.1. The molecule has 0 spiro atoms. The van der Waals surface area contributed by atoms with E-state index in [1.165, 1.54) is 17.6 Å². The van der Waals surface area contributed by atoms with Gasteiger partial charge in [-0.1, -0.05) is 6.07 Å². The molecule has 2 atom stereocenters. The van der Waals surface area contributed by atoms with E-state index in [0.717, 1.165) is 11.3 Å². The second kappa shape index (κ2) is 3.57. The third-order valence-electron chi connectivity index (χ3n) is 3.02. The van der Waals surface area contributed by atoms with Crippen LogP contribution in [0.4, 0.5) is 0 Å². The molecular formula is C10H14O3S2. The van der Waals surface area contributed by atoms with Gasteiger partial charge in [-0.25, -0.2) is 8.42 Å². The highest BCUT2D eigenvalue weighted by Gasteiger charge is 2.48. The van der Waals surface area contributed by atoms with Crippen LogP contribution in [-0.4, -0.2) is 25.0 Å². The first kappa shape index (κ1) is 11.1. The zero-order valence-electron chi connectivity index (χ0n) is 8.51. The summed E-state index contributed by atoms with van der Waals surface area (Å²) in [6.45, 7) is 0. The van der Waals surface area contributed by atoms with Gasteiger partial charge in [0.2, 0.25) is 0 Å². The van der Waals surface area contributed by atoms with E-state index in [4.69, 9.17) is 0 Å². The van der Waals surface area contributed by atoms with Crippen LogP contribution in [0.15, 0.2) is 17.5 Å². The normalized spacial score (nSPS) is 32.0. The second-order valence-corrected chi connectivity index (χ2v) is 7.29. The van der Waals surface area contributed by atoms with Gasteiger partial charge < -0.3 is 5.11 Å². The van der Waals surface area contributed by atoms with E-state index < -0.39 is 20.7 Å². The predicted octanol–water partition coefficient (Wildman–Crippen LogP) is 1.53. The summed E-state index contributed by atoms with van der Waals surface area (Å²) in [6.07, 6.45) is 3.09. The van der Waals surface area contributed by atoms with Crippen molar-refractivity contribution in [1.82, 2.24) is 0 Å². The minimum absolute atomic E-state index is 0.547. The molecule has 1 aliphatic rings. The maximum atomic E-state index is 11.6. The molecule has 1 N–H and O–H groups in total. The quantitative estimate of drug-likeness (QED) is 0.861. The van der Waals surface area contributed by atoms with Crippen LogP contribution in [0.5, 0.6) is 0 Å². The van der Waals surface area contributed by atoms with Crippen LogP contribution in [0, 0.1) is 0 Å². The Morgan fingerprint density at radius 1 is 1.60 bits per heavy atom. The van der Waals surface area contributed by atoms with E-state index in [-0.39, 0.29) is 0 Å². The highest BCUT2D eigenvalue weighted by atomic mass is 32.2. The highest BCUT2D eigenvalue weighted by Crippen LogP contribution is 2.43. The molecule has 2 unspecified atom stereocenters. The number of rotatable bonds is 2. The lowest BCUT2D eigenvalue weighted by Crippen LogP contribution is -2.38. The van der Waals surface area contributed by atoms with Crippen LogP contribution < -0.4 is 0 Å². The topological polar surface area (TPSA) is 54.4 Å². The summed E-state index contributed by atoms with van der Waals surface area (Å²) in [5, 5.41) is 11.7. The summed E-state index contributed by atoms with van der Waals surface area (Å²) < 4.78 is 23.2. The van der Waals surface area contributed by atoms with E-state index in [1.807, 2.05) is 17.5 Å².